The van der Waals surface area contributed by atoms with E-state index in [9.17, 15) is 4.79 Å². The summed E-state index contributed by atoms with van der Waals surface area (Å²) in [5, 5.41) is 8.28. The number of aromatic amines is 1. The molecule has 0 saturated carbocycles. The zero-order valence-corrected chi connectivity index (χ0v) is 14.1. The number of hydrogen-bond acceptors (Lipinski definition) is 4. The third-order valence-electron chi connectivity index (χ3n) is 5.15. The van der Waals surface area contributed by atoms with Gasteiger partial charge in [-0.3, -0.25) is 9.89 Å². The van der Waals surface area contributed by atoms with Crippen molar-refractivity contribution in [1.82, 2.24) is 24.6 Å². The van der Waals surface area contributed by atoms with Gasteiger partial charge in [0.05, 0.1) is 11.9 Å². The second-order valence-corrected chi connectivity index (χ2v) is 7.52. The Hall–Kier alpha value is -1.76. The fourth-order valence-electron chi connectivity index (χ4n) is 3.92. The number of H-pyrrole nitrogens is 1. The van der Waals surface area contributed by atoms with Crippen molar-refractivity contribution in [2.24, 2.45) is 7.05 Å². The van der Waals surface area contributed by atoms with Crippen LogP contribution in [0, 0.1) is 0 Å². The summed E-state index contributed by atoms with van der Waals surface area (Å²) in [5.41, 5.74) is 2.71. The lowest BCUT2D eigenvalue weighted by Crippen LogP contribution is -2.48. The molecule has 7 heteroatoms. The van der Waals surface area contributed by atoms with Crippen LogP contribution in [0.5, 0.6) is 0 Å². The summed E-state index contributed by atoms with van der Waals surface area (Å²) in [6.45, 7) is 1.69. The molecular formula is C16H21N5OS. The molecule has 1 unspecified atom stereocenters. The van der Waals surface area contributed by atoms with Gasteiger partial charge in [-0.15, -0.1) is 0 Å². The highest BCUT2D eigenvalue weighted by atomic mass is 32.2. The molecule has 2 aromatic rings. The van der Waals surface area contributed by atoms with E-state index in [2.05, 4.69) is 15.2 Å². The van der Waals surface area contributed by atoms with E-state index in [0.717, 1.165) is 43.9 Å². The van der Waals surface area contributed by atoms with Gasteiger partial charge in [0.15, 0.2) is 5.16 Å². The van der Waals surface area contributed by atoms with Gasteiger partial charge in [0, 0.05) is 43.6 Å². The molecule has 1 saturated heterocycles. The van der Waals surface area contributed by atoms with Crippen LogP contribution in [0.4, 0.5) is 0 Å². The van der Waals surface area contributed by atoms with Crippen LogP contribution < -0.4 is 0 Å². The summed E-state index contributed by atoms with van der Waals surface area (Å²) < 4.78 is 1.95. The van der Waals surface area contributed by atoms with Crippen molar-refractivity contribution in [3.8, 4) is 0 Å². The highest BCUT2D eigenvalue weighted by molar-refractivity contribution is 7.99. The average molecular weight is 331 g/mol. The molecule has 1 fully saturated rings. The topological polar surface area (TPSA) is 66.8 Å². The maximum atomic E-state index is 12.6. The lowest BCUT2D eigenvalue weighted by molar-refractivity contribution is -0.130. The minimum absolute atomic E-state index is 0.105. The van der Waals surface area contributed by atoms with E-state index in [0.29, 0.717) is 5.75 Å². The quantitative estimate of drug-likeness (QED) is 0.870. The van der Waals surface area contributed by atoms with E-state index in [-0.39, 0.29) is 11.3 Å². The Bertz CT molecular complexity index is 724. The van der Waals surface area contributed by atoms with Crippen LogP contribution in [0.25, 0.3) is 0 Å². The monoisotopic (exact) mass is 331 g/mol. The number of fused-ring (bicyclic) bond motifs is 2. The van der Waals surface area contributed by atoms with Gasteiger partial charge in [0.25, 0.3) is 0 Å². The number of amides is 1. The van der Waals surface area contributed by atoms with Crippen LogP contribution >= 0.6 is 11.8 Å². The highest BCUT2D eigenvalue weighted by Crippen LogP contribution is 2.43. The first-order valence-electron chi connectivity index (χ1n) is 8.09. The molecule has 23 heavy (non-hydrogen) atoms. The number of rotatable bonds is 3. The normalized spacial score (nSPS) is 23.4. The minimum atomic E-state index is 0.105. The number of hydrogen-bond donors (Lipinski definition) is 1. The third-order valence-corrected chi connectivity index (χ3v) is 6.20. The molecular weight excluding hydrogens is 310 g/mol. The van der Waals surface area contributed by atoms with Gasteiger partial charge in [-0.05, 0) is 31.2 Å². The van der Waals surface area contributed by atoms with E-state index in [1.165, 1.54) is 23.0 Å². The Morgan fingerprint density at radius 2 is 2.39 bits per heavy atom. The van der Waals surface area contributed by atoms with Crippen molar-refractivity contribution in [3.05, 3.63) is 29.8 Å². The van der Waals surface area contributed by atoms with Crippen LogP contribution in [0.3, 0.4) is 0 Å². The molecule has 1 aliphatic carbocycles. The molecule has 2 aromatic heterocycles. The van der Waals surface area contributed by atoms with E-state index >= 15 is 0 Å². The summed E-state index contributed by atoms with van der Waals surface area (Å²) in [6.07, 6.45) is 10.0. The highest BCUT2D eigenvalue weighted by Gasteiger charge is 2.44. The number of aryl methyl sites for hydroxylation is 2. The Labute approximate surface area is 139 Å². The van der Waals surface area contributed by atoms with E-state index < -0.39 is 0 Å². The molecule has 2 aliphatic rings. The van der Waals surface area contributed by atoms with Crippen molar-refractivity contribution in [2.45, 2.75) is 36.3 Å². The van der Waals surface area contributed by atoms with Gasteiger partial charge in [-0.1, -0.05) is 11.8 Å². The predicted molar refractivity (Wildman–Crippen MR) is 88.3 cm³/mol. The Morgan fingerprint density at radius 1 is 1.48 bits per heavy atom. The number of nitrogens with one attached hydrogen (secondary N) is 1. The van der Waals surface area contributed by atoms with Gasteiger partial charge < -0.3 is 9.47 Å². The van der Waals surface area contributed by atoms with E-state index in [1.807, 2.05) is 28.9 Å². The van der Waals surface area contributed by atoms with Crippen LogP contribution in [-0.4, -0.2) is 49.4 Å². The summed E-state index contributed by atoms with van der Waals surface area (Å²) >= 11 is 1.51. The Balaban J connectivity index is 1.44. The van der Waals surface area contributed by atoms with Crippen molar-refractivity contribution in [1.29, 1.82) is 0 Å². The third kappa shape index (κ3) is 2.56. The maximum Gasteiger partial charge on any atom is 0.233 e. The molecule has 4 rings (SSSR count). The molecule has 122 valence electrons. The lowest BCUT2D eigenvalue weighted by atomic mass is 9.77. The van der Waals surface area contributed by atoms with Crippen LogP contribution in [0.2, 0.25) is 0 Å². The van der Waals surface area contributed by atoms with E-state index in [4.69, 9.17) is 0 Å². The molecule has 1 amide bonds. The molecule has 0 bridgehead atoms. The smallest absolute Gasteiger partial charge is 0.233 e. The fourth-order valence-corrected chi connectivity index (χ4v) is 4.76. The SMILES string of the molecule is Cn1ccnc1SCC(=O)N1CCCC2(CCc3cn[nH]c32)C1. The summed E-state index contributed by atoms with van der Waals surface area (Å²) in [5.74, 6) is 0.668. The molecule has 1 spiro atoms. The molecule has 1 aliphatic heterocycles. The average Bonchev–Trinajstić information content (AvgIpc) is 3.25. The molecule has 6 nitrogen and oxygen atoms in total. The van der Waals surface area contributed by atoms with Gasteiger partial charge >= 0.3 is 0 Å². The summed E-state index contributed by atoms with van der Waals surface area (Å²) in [6, 6.07) is 0. The zero-order chi connectivity index (χ0) is 15.9. The first kappa shape index (κ1) is 14.8. The number of carbonyl (C=O) groups is 1. The number of thioether (sulfide) groups is 1. The first-order chi connectivity index (χ1) is 11.2. The van der Waals surface area contributed by atoms with Gasteiger partial charge in [0.2, 0.25) is 5.91 Å². The Kier molecular flexibility index (Phi) is 3.67. The van der Waals surface area contributed by atoms with Crippen LogP contribution in [0.1, 0.15) is 30.5 Å². The molecule has 0 aromatic carbocycles. The number of imidazole rings is 1. The molecule has 1 N–H and O–H groups in total. The second-order valence-electron chi connectivity index (χ2n) is 6.58. The number of likely N-dealkylation sites (tertiary alicyclic amines) is 1. The van der Waals surface area contributed by atoms with Crippen LogP contribution in [0.15, 0.2) is 23.7 Å². The predicted octanol–water partition coefficient (Wildman–Crippen LogP) is 1.74. The number of aromatic nitrogens is 4. The molecule has 3 heterocycles. The van der Waals surface area contributed by atoms with E-state index in [1.54, 1.807) is 6.20 Å². The first-order valence-corrected chi connectivity index (χ1v) is 9.07. The van der Waals surface area contributed by atoms with Crippen molar-refractivity contribution >= 4 is 17.7 Å². The number of nitrogens with zero attached hydrogens (tertiary/aromatic N) is 4. The largest absolute Gasteiger partial charge is 0.341 e. The molecule has 0 radical (unpaired) electrons. The van der Waals surface area contributed by atoms with Crippen molar-refractivity contribution in [3.63, 3.8) is 0 Å². The van der Waals surface area contributed by atoms with Crippen molar-refractivity contribution < 1.29 is 4.79 Å². The maximum absolute atomic E-state index is 12.6. The Morgan fingerprint density at radius 3 is 3.22 bits per heavy atom. The minimum Gasteiger partial charge on any atom is -0.341 e. The summed E-state index contributed by atoms with van der Waals surface area (Å²) in [4.78, 5) is 18.9. The van der Waals surface area contributed by atoms with Gasteiger partial charge in [-0.2, -0.15) is 5.10 Å². The lowest BCUT2D eigenvalue weighted by Gasteiger charge is -2.40. The number of piperidine rings is 1. The van der Waals surface area contributed by atoms with Crippen molar-refractivity contribution in [2.75, 3.05) is 18.8 Å². The second kappa shape index (κ2) is 5.70. The molecule has 1 atom stereocenters. The standard InChI is InChI=1S/C16H21N5OS/c1-20-8-6-17-15(20)23-10-13(22)21-7-2-4-16(11-21)5-3-12-9-18-19-14(12)16/h6,8-9H,2-5,7,10-11H2,1H3,(H,18,19). The summed E-state index contributed by atoms with van der Waals surface area (Å²) in [7, 11) is 1.95. The van der Waals surface area contributed by atoms with Gasteiger partial charge in [-0.25, -0.2) is 4.98 Å². The van der Waals surface area contributed by atoms with Gasteiger partial charge in [0.1, 0.15) is 0 Å². The fraction of sp³-hybridized carbons (Fsp3) is 0.562. The van der Waals surface area contributed by atoms with Crippen LogP contribution in [-0.2, 0) is 23.7 Å². The zero-order valence-electron chi connectivity index (χ0n) is 13.3. The number of carbonyl (C=O) groups excluding carboxylic acids is 1.